The molecule has 1 fully saturated rings. The summed E-state index contributed by atoms with van der Waals surface area (Å²) >= 11 is 6.08. The number of halogens is 1. The van der Waals surface area contributed by atoms with Crippen LogP contribution in [0.5, 0.6) is 0 Å². The zero-order chi connectivity index (χ0) is 17.7. The molecule has 0 atom stereocenters. The number of piperidine rings is 1. The van der Waals surface area contributed by atoms with E-state index in [1.54, 1.807) is 0 Å². The average Bonchev–Trinajstić information content (AvgIpc) is 3.28. The van der Waals surface area contributed by atoms with Gasteiger partial charge in [-0.15, -0.1) is 0 Å². The first kappa shape index (κ1) is 15.7. The number of rotatable bonds is 2. The zero-order valence-corrected chi connectivity index (χ0v) is 14.9. The summed E-state index contributed by atoms with van der Waals surface area (Å²) in [5.41, 5.74) is 10.2. The Labute approximate surface area is 155 Å². The van der Waals surface area contributed by atoms with Crippen LogP contribution in [0.3, 0.4) is 0 Å². The zero-order valence-electron chi connectivity index (χ0n) is 14.2. The number of aromatic amines is 2. The molecule has 4 N–H and O–H groups in total. The third kappa shape index (κ3) is 2.45. The normalized spacial score (nSPS) is 17.2. The fourth-order valence-corrected chi connectivity index (χ4v) is 4.00. The lowest BCUT2D eigenvalue weighted by Crippen LogP contribution is -2.49. The molecule has 4 heterocycles. The van der Waals surface area contributed by atoms with Crippen LogP contribution in [-0.4, -0.2) is 33.0 Å². The van der Waals surface area contributed by atoms with Crippen LogP contribution in [-0.2, 0) is 5.54 Å². The van der Waals surface area contributed by atoms with Crippen LogP contribution in [0.25, 0.3) is 22.1 Å². The van der Waals surface area contributed by atoms with Gasteiger partial charge in [0.05, 0.1) is 16.6 Å². The Morgan fingerprint density at radius 1 is 1.15 bits per heavy atom. The van der Waals surface area contributed by atoms with Crippen LogP contribution in [0.1, 0.15) is 18.7 Å². The van der Waals surface area contributed by atoms with Crippen molar-refractivity contribution in [3.05, 3.63) is 53.6 Å². The lowest BCUT2D eigenvalue weighted by molar-refractivity contribution is 0.327. The van der Waals surface area contributed by atoms with Crippen molar-refractivity contribution in [2.24, 2.45) is 5.73 Å². The number of aromatic nitrogens is 4. The van der Waals surface area contributed by atoms with Gasteiger partial charge in [0.15, 0.2) is 0 Å². The largest absolute Gasteiger partial charge is 0.371 e. The van der Waals surface area contributed by atoms with Crippen molar-refractivity contribution in [3.8, 4) is 0 Å². The number of nitrogens with two attached hydrogens (primary N) is 1. The highest BCUT2D eigenvalue weighted by Crippen LogP contribution is 2.34. The smallest absolute Gasteiger partial charge is 0.139 e. The van der Waals surface area contributed by atoms with Gasteiger partial charge in [0, 0.05) is 41.6 Å². The van der Waals surface area contributed by atoms with Crippen molar-refractivity contribution >= 4 is 39.4 Å². The molecule has 3 aromatic heterocycles. The number of hydrogen-bond donors (Lipinski definition) is 3. The molecule has 0 aliphatic carbocycles. The lowest BCUT2D eigenvalue weighted by atomic mass is 9.87. The highest BCUT2D eigenvalue weighted by atomic mass is 35.5. The minimum atomic E-state index is -0.452. The monoisotopic (exact) mass is 366 g/mol. The third-order valence-electron chi connectivity index (χ3n) is 5.35. The molecule has 0 spiro atoms. The van der Waals surface area contributed by atoms with Crippen molar-refractivity contribution < 1.29 is 0 Å². The summed E-state index contributed by atoms with van der Waals surface area (Å²) in [4.78, 5) is 18.0. The maximum Gasteiger partial charge on any atom is 0.139 e. The summed E-state index contributed by atoms with van der Waals surface area (Å²) in [6.45, 7) is 1.75. The maximum atomic E-state index is 6.74. The summed E-state index contributed by atoms with van der Waals surface area (Å²) in [5, 5.41) is 1.84. The number of hydrogen-bond acceptors (Lipinski definition) is 4. The summed E-state index contributed by atoms with van der Waals surface area (Å²) in [6, 6.07) is 9.82. The number of benzene rings is 1. The molecule has 0 radical (unpaired) electrons. The maximum absolute atomic E-state index is 6.74. The van der Waals surface area contributed by atoms with Gasteiger partial charge in [-0.3, -0.25) is 0 Å². The van der Waals surface area contributed by atoms with Gasteiger partial charge in [-0.25, -0.2) is 9.97 Å². The molecule has 1 saturated heterocycles. The molecule has 1 aromatic carbocycles. The Hall–Kier alpha value is -2.57. The molecule has 5 rings (SSSR count). The van der Waals surface area contributed by atoms with Crippen LogP contribution in [0.15, 0.2) is 42.7 Å². The number of pyridine rings is 1. The van der Waals surface area contributed by atoms with Gasteiger partial charge in [-0.05, 0) is 43.2 Å². The highest BCUT2D eigenvalue weighted by molar-refractivity contribution is 6.31. The molecule has 0 bridgehead atoms. The SMILES string of the molecule is NC1(c2nc3ccc(Cl)cc3[nH]2)CCN(c2ccnc3[nH]ccc23)CC1. The molecule has 0 saturated carbocycles. The van der Waals surface area contributed by atoms with Crippen LogP contribution in [0.2, 0.25) is 5.02 Å². The number of nitrogens with one attached hydrogen (secondary N) is 2. The molecular weight excluding hydrogens is 348 g/mol. The summed E-state index contributed by atoms with van der Waals surface area (Å²) in [7, 11) is 0. The van der Waals surface area contributed by atoms with E-state index in [0.717, 1.165) is 53.8 Å². The predicted molar refractivity (Wildman–Crippen MR) is 105 cm³/mol. The molecule has 7 heteroatoms. The Morgan fingerprint density at radius 3 is 2.85 bits per heavy atom. The van der Waals surface area contributed by atoms with Crippen LogP contribution < -0.4 is 10.6 Å². The Kier molecular flexibility index (Phi) is 3.45. The summed E-state index contributed by atoms with van der Waals surface area (Å²) < 4.78 is 0. The predicted octanol–water partition coefficient (Wildman–Crippen LogP) is 3.55. The number of imidazole rings is 1. The summed E-state index contributed by atoms with van der Waals surface area (Å²) in [6.07, 6.45) is 5.43. The number of nitrogens with zero attached hydrogens (tertiary/aromatic N) is 3. The molecule has 0 amide bonds. The van der Waals surface area contributed by atoms with E-state index in [9.17, 15) is 0 Å². The second-order valence-corrected chi connectivity index (χ2v) is 7.40. The van der Waals surface area contributed by atoms with Gasteiger partial charge in [0.1, 0.15) is 11.5 Å². The van der Waals surface area contributed by atoms with Gasteiger partial charge < -0.3 is 20.6 Å². The quantitative estimate of drug-likeness (QED) is 0.506. The molecule has 26 heavy (non-hydrogen) atoms. The van der Waals surface area contributed by atoms with Crippen molar-refractivity contribution in [2.45, 2.75) is 18.4 Å². The third-order valence-corrected chi connectivity index (χ3v) is 5.58. The molecule has 1 aliphatic rings. The minimum absolute atomic E-state index is 0.452. The standard InChI is InChI=1S/C19H19ClN6/c20-12-1-2-14-15(11-12)25-18(24-14)19(21)5-9-26(10-6-19)16-4-8-23-17-13(16)3-7-22-17/h1-4,7-8,11H,5-6,9-10,21H2,(H,22,23)(H,24,25). The summed E-state index contributed by atoms with van der Waals surface area (Å²) in [5.74, 6) is 0.843. The molecule has 4 aromatic rings. The highest BCUT2D eigenvalue weighted by Gasteiger charge is 2.35. The number of fused-ring (bicyclic) bond motifs is 2. The second-order valence-electron chi connectivity index (χ2n) is 6.96. The van der Waals surface area contributed by atoms with Crippen molar-refractivity contribution in [3.63, 3.8) is 0 Å². The molecule has 1 aliphatic heterocycles. The van der Waals surface area contributed by atoms with E-state index in [4.69, 9.17) is 22.3 Å². The van der Waals surface area contributed by atoms with Gasteiger partial charge in [-0.2, -0.15) is 0 Å². The molecule has 132 valence electrons. The molecule has 0 unspecified atom stereocenters. The Balaban J connectivity index is 1.42. The average molecular weight is 367 g/mol. The van der Waals surface area contributed by atoms with E-state index in [0.29, 0.717) is 5.02 Å². The first-order valence-corrected chi connectivity index (χ1v) is 9.12. The molecular formula is C19H19ClN6. The molecule has 6 nitrogen and oxygen atoms in total. The van der Waals surface area contributed by atoms with Crippen molar-refractivity contribution in [1.29, 1.82) is 0 Å². The number of H-pyrrole nitrogens is 2. The van der Waals surface area contributed by atoms with E-state index in [2.05, 4.69) is 32.0 Å². The van der Waals surface area contributed by atoms with Gasteiger partial charge in [0.25, 0.3) is 0 Å². The van der Waals surface area contributed by atoms with Gasteiger partial charge in [0.2, 0.25) is 0 Å². The fraction of sp³-hybridized carbons (Fsp3) is 0.263. The second kappa shape index (κ2) is 5.72. The lowest BCUT2D eigenvalue weighted by Gasteiger charge is -2.39. The Bertz CT molecular complexity index is 1090. The van der Waals surface area contributed by atoms with Gasteiger partial charge >= 0.3 is 0 Å². The number of anilines is 1. The van der Waals surface area contributed by atoms with Crippen molar-refractivity contribution in [1.82, 2.24) is 19.9 Å². The van der Waals surface area contributed by atoms with Gasteiger partial charge in [-0.1, -0.05) is 11.6 Å². The van der Waals surface area contributed by atoms with E-state index >= 15 is 0 Å². The topological polar surface area (TPSA) is 86.6 Å². The first-order valence-electron chi connectivity index (χ1n) is 8.74. The van der Waals surface area contributed by atoms with E-state index < -0.39 is 5.54 Å². The minimum Gasteiger partial charge on any atom is -0.371 e. The van der Waals surface area contributed by atoms with E-state index in [1.807, 2.05) is 30.6 Å². The van der Waals surface area contributed by atoms with E-state index in [-0.39, 0.29) is 0 Å². The van der Waals surface area contributed by atoms with Crippen LogP contribution >= 0.6 is 11.6 Å². The van der Waals surface area contributed by atoms with E-state index in [1.165, 1.54) is 5.69 Å². The Morgan fingerprint density at radius 2 is 2.00 bits per heavy atom. The van der Waals surface area contributed by atoms with Crippen LogP contribution in [0, 0.1) is 0 Å². The first-order chi connectivity index (χ1) is 12.6. The van der Waals surface area contributed by atoms with Crippen molar-refractivity contribution in [2.75, 3.05) is 18.0 Å². The van der Waals surface area contributed by atoms with Crippen LogP contribution in [0.4, 0.5) is 5.69 Å². The fourth-order valence-electron chi connectivity index (χ4n) is 3.82.